The summed E-state index contributed by atoms with van der Waals surface area (Å²) >= 11 is 0. The van der Waals surface area contributed by atoms with Crippen LogP contribution in [0.1, 0.15) is 26.2 Å². The van der Waals surface area contributed by atoms with E-state index in [9.17, 15) is 0 Å². The Bertz CT molecular complexity index is 113. The van der Waals surface area contributed by atoms with E-state index in [2.05, 4.69) is 11.8 Å². The molecule has 0 amide bonds. The predicted molar refractivity (Wildman–Crippen MR) is 49.9 cm³/mol. The third-order valence-corrected chi connectivity index (χ3v) is 2.37. The first-order valence-corrected chi connectivity index (χ1v) is 4.92. The Morgan fingerprint density at radius 2 is 2.08 bits per heavy atom. The van der Waals surface area contributed by atoms with Crippen LogP contribution in [0, 0.1) is 0 Å². The smallest absolute Gasteiger partial charge is 0.0594 e. The van der Waals surface area contributed by atoms with Gasteiger partial charge in [0.1, 0.15) is 0 Å². The standard InChI is InChI=1S/C9H20N2O/c1-2-3-4-9(10)11-5-7-12-8-6-11/h9H,2-8,10H2,1H3. The molecule has 0 aromatic heterocycles. The molecule has 1 aliphatic heterocycles. The lowest BCUT2D eigenvalue weighted by molar-refractivity contribution is 0.0157. The SMILES string of the molecule is CCCCC(N)N1CCOCC1. The van der Waals surface area contributed by atoms with Crippen LogP contribution in [-0.2, 0) is 4.74 Å². The minimum absolute atomic E-state index is 0.258. The minimum atomic E-state index is 0.258. The van der Waals surface area contributed by atoms with Crippen LogP contribution in [0.15, 0.2) is 0 Å². The van der Waals surface area contributed by atoms with E-state index in [1.807, 2.05) is 0 Å². The summed E-state index contributed by atoms with van der Waals surface area (Å²) in [7, 11) is 0. The molecule has 2 N–H and O–H groups in total. The van der Waals surface area contributed by atoms with Gasteiger partial charge in [0.15, 0.2) is 0 Å². The van der Waals surface area contributed by atoms with Crippen molar-refractivity contribution in [2.75, 3.05) is 26.3 Å². The average molecular weight is 172 g/mol. The summed E-state index contributed by atoms with van der Waals surface area (Å²) in [6.07, 6.45) is 3.85. The Morgan fingerprint density at radius 1 is 1.42 bits per heavy atom. The zero-order valence-corrected chi connectivity index (χ0v) is 7.96. The second-order valence-corrected chi connectivity index (χ2v) is 3.36. The van der Waals surface area contributed by atoms with Gasteiger partial charge in [-0.3, -0.25) is 4.90 Å². The topological polar surface area (TPSA) is 38.5 Å². The van der Waals surface area contributed by atoms with E-state index < -0.39 is 0 Å². The van der Waals surface area contributed by atoms with Crippen molar-refractivity contribution in [3.63, 3.8) is 0 Å². The Hall–Kier alpha value is -0.120. The average Bonchev–Trinajstić information content (AvgIpc) is 2.15. The van der Waals surface area contributed by atoms with Crippen molar-refractivity contribution in [1.29, 1.82) is 0 Å². The van der Waals surface area contributed by atoms with E-state index in [0.29, 0.717) is 0 Å². The highest BCUT2D eigenvalue weighted by Crippen LogP contribution is 2.06. The van der Waals surface area contributed by atoms with E-state index >= 15 is 0 Å². The highest BCUT2D eigenvalue weighted by Gasteiger charge is 2.16. The van der Waals surface area contributed by atoms with Gasteiger partial charge in [0.25, 0.3) is 0 Å². The summed E-state index contributed by atoms with van der Waals surface area (Å²) in [6, 6.07) is 0. The summed E-state index contributed by atoms with van der Waals surface area (Å²) in [5.41, 5.74) is 6.00. The van der Waals surface area contributed by atoms with Crippen molar-refractivity contribution in [2.24, 2.45) is 5.73 Å². The molecular formula is C9H20N2O. The van der Waals surface area contributed by atoms with Crippen LogP contribution in [0.2, 0.25) is 0 Å². The number of hydrogen-bond acceptors (Lipinski definition) is 3. The van der Waals surface area contributed by atoms with Crippen LogP contribution in [0.3, 0.4) is 0 Å². The van der Waals surface area contributed by atoms with E-state index in [1.54, 1.807) is 0 Å². The highest BCUT2D eigenvalue weighted by molar-refractivity contribution is 4.68. The van der Waals surface area contributed by atoms with Crippen LogP contribution >= 0.6 is 0 Å². The molecule has 0 saturated carbocycles. The molecule has 1 fully saturated rings. The molecule has 1 saturated heterocycles. The lowest BCUT2D eigenvalue weighted by Crippen LogP contribution is -2.48. The zero-order chi connectivity index (χ0) is 8.81. The molecule has 1 heterocycles. The van der Waals surface area contributed by atoms with Crippen molar-refractivity contribution in [2.45, 2.75) is 32.4 Å². The number of ether oxygens (including phenoxy) is 1. The highest BCUT2D eigenvalue weighted by atomic mass is 16.5. The van der Waals surface area contributed by atoms with E-state index in [4.69, 9.17) is 10.5 Å². The van der Waals surface area contributed by atoms with Crippen molar-refractivity contribution < 1.29 is 4.74 Å². The first-order valence-electron chi connectivity index (χ1n) is 4.92. The molecule has 0 aromatic carbocycles. The van der Waals surface area contributed by atoms with Gasteiger partial charge in [-0.1, -0.05) is 19.8 Å². The Kier molecular flexibility index (Phi) is 4.58. The quantitative estimate of drug-likeness (QED) is 0.681. The Balaban J connectivity index is 2.15. The van der Waals surface area contributed by atoms with Gasteiger partial charge in [-0.05, 0) is 6.42 Å². The predicted octanol–water partition coefficient (Wildman–Crippen LogP) is 0.794. The fourth-order valence-corrected chi connectivity index (χ4v) is 1.50. The molecule has 1 atom stereocenters. The lowest BCUT2D eigenvalue weighted by atomic mass is 10.2. The Labute approximate surface area is 74.9 Å². The molecule has 0 bridgehead atoms. The summed E-state index contributed by atoms with van der Waals surface area (Å²) in [5.74, 6) is 0. The molecule has 72 valence electrons. The number of nitrogens with zero attached hydrogens (tertiary/aromatic N) is 1. The first kappa shape index (κ1) is 9.96. The fourth-order valence-electron chi connectivity index (χ4n) is 1.50. The maximum atomic E-state index is 6.00. The maximum Gasteiger partial charge on any atom is 0.0594 e. The van der Waals surface area contributed by atoms with Gasteiger partial charge in [-0.25, -0.2) is 0 Å². The molecule has 1 unspecified atom stereocenters. The number of rotatable bonds is 4. The van der Waals surface area contributed by atoms with Crippen LogP contribution < -0.4 is 5.73 Å². The van der Waals surface area contributed by atoms with Crippen molar-refractivity contribution in [3.05, 3.63) is 0 Å². The van der Waals surface area contributed by atoms with E-state index in [0.717, 1.165) is 32.7 Å². The largest absolute Gasteiger partial charge is 0.379 e. The molecule has 3 nitrogen and oxygen atoms in total. The third kappa shape index (κ3) is 3.09. The van der Waals surface area contributed by atoms with Gasteiger partial charge >= 0.3 is 0 Å². The number of nitrogens with two attached hydrogens (primary N) is 1. The van der Waals surface area contributed by atoms with Crippen LogP contribution in [0.25, 0.3) is 0 Å². The lowest BCUT2D eigenvalue weighted by Gasteiger charge is -2.31. The maximum absolute atomic E-state index is 6.00. The molecule has 12 heavy (non-hydrogen) atoms. The number of hydrogen-bond donors (Lipinski definition) is 1. The van der Waals surface area contributed by atoms with Crippen molar-refractivity contribution in [3.8, 4) is 0 Å². The zero-order valence-electron chi connectivity index (χ0n) is 7.96. The molecule has 1 rings (SSSR count). The summed E-state index contributed by atoms with van der Waals surface area (Å²) in [5, 5.41) is 0. The Morgan fingerprint density at radius 3 is 2.67 bits per heavy atom. The van der Waals surface area contributed by atoms with Crippen LogP contribution in [0.5, 0.6) is 0 Å². The van der Waals surface area contributed by atoms with Gasteiger partial charge in [0, 0.05) is 13.1 Å². The first-order chi connectivity index (χ1) is 5.84. The van der Waals surface area contributed by atoms with Gasteiger partial charge in [0.05, 0.1) is 19.4 Å². The third-order valence-electron chi connectivity index (χ3n) is 2.37. The molecule has 0 aromatic rings. The van der Waals surface area contributed by atoms with Gasteiger partial charge in [-0.2, -0.15) is 0 Å². The van der Waals surface area contributed by atoms with Crippen LogP contribution in [-0.4, -0.2) is 37.4 Å². The monoisotopic (exact) mass is 172 g/mol. The molecular weight excluding hydrogens is 152 g/mol. The number of unbranched alkanes of at least 4 members (excludes halogenated alkanes) is 1. The summed E-state index contributed by atoms with van der Waals surface area (Å²) in [6.45, 7) is 5.90. The van der Waals surface area contributed by atoms with Gasteiger partial charge < -0.3 is 10.5 Å². The molecule has 0 spiro atoms. The van der Waals surface area contributed by atoms with Gasteiger partial charge in [-0.15, -0.1) is 0 Å². The molecule has 1 aliphatic rings. The molecule has 0 aliphatic carbocycles. The second-order valence-electron chi connectivity index (χ2n) is 3.36. The number of morpholine rings is 1. The van der Waals surface area contributed by atoms with Gasteiger partial charge in [0.2, 0.25) is 0 Å². The summed E-state index contributed by atoms with van der Waals surface area (Å²) < 4.78 is 5.26. The normalized spacial score (nSPS) is 22.5. The summed E-state index contributed by atoms with van der Waals surface area (Å²) in [4.78, 5) is 2.32. The van der Waals surface area contributed by atoms with Crippen molar-refractivity contribution in [1.82, 2.24) is 4.90 Å². The van der Waals surface area contributed by atoms with E-state index in [-0.39, 0.29) is 6.17 Å². The van der Waals surface area contributed by atoms with E-state index in [1.165, 1.54) is 12.8 Å². The van der Waals surface area contributed by atoms with Crippen LogP contribution in [0.4, 0.5) is 0 Å². The second kappa shape index (κ2) is 5.51. The molecule has 0 radical (unpaired) electrons. The molecule has 3 heteroatoms. The fraction of sp³-hybridized carbons (Fsp3) is 1.00. The van der Waals surface area contributed by atoms with Crippen molar-refractivity contribution >= 4 is 0 Å². The minimum Gasteiger partial charge on any atom is -0.379 e.